The molecule has 0 aliphatic heterocycles. The smallest absolute Gasteiger partial charge is 0.353 e. The predicted octanol–water partition coefficient (Wildman–Crippen LogP) is 4.99. The highest BCUT2D eigenvalue weighted by molar-refractivity contribution is 7.90. The second-order valence-corrected chi connectivity index (χ2v) is 9.48. The molecule has 0 saturated heterocycles. The van der Waals surface area contributed by atoms with Crippen molar-refractivity contribution in [1.82, 2.24) is 4.98 Å². The van der Waals surface area contributed by atoms with Gasteiger partial charge in [0.1, 0.15) is 4.91 Å². The Morgan fingerprint density at radius 3 is 2.44 bits per heavy atom. The van der Waals surface area contributed by atoms with E-state index in [1.807, 2.05) is 0 Å². The number of carbonyl (C=O) groups is 1. The number of hydrogen-bond donors (Lipinski definition) is 2. The number of benzene rings is 1. The largest absolute Gasteiger partial charge is 0.417 e. The van der Waals surface area contributed by atoms with Crippen LogP contribution in [-0.4, -0.2) is 28.6 Å². The minimum Gasteiger partial charge on any atom is -0.353 e. The minimum atomic E-state index is -4.96. The number of pyridine rings is 1. The first-order valence-electron chi connectivity index (χ1n) is 9.22. The van der Waals surface area contributed by atoms with Crippen LogP contribution in [0.25, 0.3) is 0 Å². The lowest BCUT2D eigenvalue weighted by Crippen LogP contribution is -2.41. The molecule has 0 fully saturated rings. The van der Waals surface area contributed by atoms with Crippen LogP contribution in [0.1, 0.15) is 28.5 Å². The summed E-state index contributed by atoms with van der Waals surface area (Å²) >= 11 is 6.53. The molecule has 1 aliphatic rings. The van der Waals surface area contributed by atoms with Gasteiger partial charge < -0.3 is 5.32 Å². The normalized spacial score (nSPS) is 21.5. The maximum Gasteiger partial charge on any atom is 0.417 e. The second kappa shape index (κ2) is 8.34. The number of allylic oxidation sites excluding steroid dienone is 3. The lowest BCUT2D eigenvalue weighted by molar-refractivity contribution is -0.137. The van der Waals surface area contributed by atoms with E-state index in [4.69, 9.17) is 11.6 Å². The van der Waals surface area contributed by atoms with E-state index >= 15 is 0 Å². The molecule has 32 heavy (non-hydrogen) atoms. The Bertz CT molecular complexity index is 1220. The van der Waals surface area contributed by atoms with Crippen LogP contribution in [0, 0.1) is 12.8 Å². The van der Waals surface area contributed by atoms with Crippen LogP contribution >= 0.6 is 11.6 Å². The molecule has 1 aromatic carbocycles. The van der Waals surface area contributed by atoms with E-state index in [1.54, 1.807) is 18.2 Å². The zero-order valence-corrected chi connectivity index (χ0v) is 18.4. The average Bonchev–Trinajstić information content (AvgIpc) is 2.67. The van der Waals surface area contributed by atoms with Gasteiger partial charge in [0.05, 0.1) is 33.4 Å². The third-order valence-corrected chi connectivity index (χ3v) is 6.71. The molecule has 170 valence electrons. The van der Waals surface area contributed by atoms with Gasteiger partial charge in [-0.3, -0.25) is 14.3 Å². The van der Waals surface area contributed by atoms with Crippen molar-refractivity contribution in [2.75, 3.05) is 5.32 Å². The molecule has 0 bridgehead atoms. The van der Waals surface area contributed by atoms with Gasteiger partial charge >= 0.3 is 6.18 Å². The molecule has 2 aromatic rings. The zero-order valence-electron chi connectivity index (χ0n) is 16.8. The Labute approximate surface area is 187 Å². The molecule has 6 nitrogen and oxygen atoms in total. The van der Waals surface area contributed by atoms with E-state index in [2.05, 4.69) is 10.3 Å². The van der Waals surface area contributed by atoms with Crippen LogP contribution in [0.5, 0.6) is 0 Å². The van der Waals surface area contributed by atoms with Gasteiger partial charge in [-0.2, -0.15) is 21.6 Å². The Morgan fingerprint density at radius 1 is 1.25 bits per heavy atom. The Kier molecular flexibility index (Phi) is 6.25. The number of Topliss-reactive ketones (excluding diaryl/α,β-unsaturated/α-hetero) is 1. The summed E-state index contributed by atoms with van der Waals surface area (Å²) < 4.78 is 73.6. The van der Waals surface area contributed by atoms with Crippen LogP contribution in [0.2, 0.25) is 0 Å². The van der Waals surface area contributed by atoms with Gasteiger partial charge in [0.25, 0.3) is 10.1 Å². The van der Waals surface area contributed by atoms with Gasteiger partial charge in [-0.1, -0.05) is 36.4 Å². The predicted molar refractivity (Wildman–Crippen MR) is 114 cm³/mol. The van der Waals surface area contributed by atoms with Gasteiger partial charge in [-0.05, 0) is 26.0 Å². The van der Waals surface area contributed by atoms with Crippen LogP contribution in [0.4, 0.5) is 18.9 Å². The maximum atomic E-state index is 13.1. The molecule has 11 heteroatoms. The van der Waals surface area contributed by atoms with E-state index in [-0.39, 0.29) is 22.6 Å². The van der Waals surface area contributed by atoms with Gasteiger partial charge in [-0.15, -0.1) is 11.6 Å². The molecule has 2 N–H and O–H groups in total. The SMILES string of the molecule is Cc1ncc(C(F)(F)F)cc1NC1=C(S(=O)(=O)O)C(C)(Cl)C(C(=O)c2ccccc2)C=C1. The molecule has 2 atom stereocenters. The van der Waals surface area contributed by atoms with Crippen LogP contribution in [0.3, 0.4) is 0 Å². The topological polar surface area (TPSA) is 96.4 Å². The van der Waals surface area contributed by atoms with Crippen molar-refractivity contribution in [2.45, 2.75) is 24.9 Å². The summed E-state index contributed by atoms with van der Waals surface area (Å²) in [6, 6.07) is 8.78. The fourth-order valence-corrected chi connectivity index (χ4v) is 5.01. The number of ketones is 1. The Balaban J connectivity index is 2.09. The highest BCUT2D eigenvalue weighted by Crippen LogP contribution is 2.44. The molecule has 1 aliphatic carbocycles. The van der Waals surface area contributed by atoms with E-state index in [9.17, 15) is 30.9 Å². The van der Waals surface area contributed by atoms with E-state index in [0.29, 0.717) is 6.20 Å². The first-order chi connectivity index (χ1) is 14.7. The number of nitrogens with zero attached hydrogens (tertiary/aromatic N) is 1. The Hall–Kier alpha value is -2.69. The fourth-order valence-electron chi connectivity index (χ4n) is 3.42. The molecule has 0 spiro atoms. The number of aromatic nitrogens is 1. The van der Waals surface area contributed by atoms with Gasteiger partial charge in [0.15, 0.2) is 5.78 Å². The minimum absolute atomic E-state index is 0.138. The van der Waals surface area contributed by atoms with Gasteiger partial charge in [0.2, 0.25) is 0 Å². The average molecular weight is 487 g/mol. The highest BCUT2D eigenvalue weighted by atomic mass is 35.5. The third-order valence-electron chi connectivity index (χ3n) is 5.01. The summed E-state index contributed by atoms with van der Waals surface area (Å²) in [5.41, 5.74) is -1.04. The highest BCUT2D eigenvalue weighted by Gasteiger charge is 2.48. The van der Waals surface area contributed by atoms with E-state index < -0.39 is 43.3 Å². The monoisotopic (exact) mass is 486 g/mol. The lowest BCUT2D eigenvalue weighted by Gasteiger charge is -2.34. The second-order valence-electron chi connectivity index (χ2n) is 7.34. The summed E-state index contributed by atoms with van der Waals surface area (Å²) in [7, 11) is -4.96. The summed E-state index contributed by atoms with van der Waals surface area (Å²) in [6.45, 7) is 2.66. The van der Waals surface area contributed by atoms with E-state index in [1.165, 1.54) is 38.1 Å². The molecule has 1 heterocycles. The fraction of sp³-hybridized carbons (Fsp3) is 0.238. The van der Waals surface area contributed by atoms with Crippen LogP contribution < -0.4 is 5.32 Å². The van der Waals surface area contributed by atoms with Crippen molar-refractivity contribution in [3.8, 4) is 0 Å². The van der Waals surface area contributed by atoms with Crippen molar-refractivity contribution in [1.29, 1.82) is 0 Å². The zero-order chi connectivity index (χ0) is 23.9. The molecular formula is C21H18ClF3N2O4S. The number of anilines is 1. The van der Waals surface area contributed by atoms with Gasteiger partial charge in [0, 0.05) is 11.8 Å². The number of rotatable bonds is 5. The van der Waals surface area contributed by atoms with Crippen molar-refractivity contribution in [2.24, 2.45) is 5.92 Å². The molecular weight excluding hydrogens is 469 g/mol. The maximum absolute atomic E-state index is 13.1. The van der Waals surface area contributed by atoms with Gasteiger partial charge in [-0.25, -0.2) is 0 Å². The van der Waals surface area contributed by atoms with Crippen molar-refractivity contribution < 1.29 is 30.9 Å². The van der Waals surface area contributed by atoms with Crippen molar-refractivity contribution in [3.05, 3.63) is 82.2 Å². The number of halogens is 4. The first-order valence-corrected chi connectivity index (χ1v) is 11.0. The number of nitrogens with one attached hydrogen (secondary N) is 1. The summed E-state index contributed by atoms with van der Waals surface area (Å²) in [6.07, 6.45) is -1.49. The molecule has 2 unspecified atom stereocenters. The first kappa shape index (κ1) is 24.0. The van der Waals surface area contributed by atoms with Crippen LogP contribution in [-0.2, 0) is 16.3 Å². The quantitative estimate of drug-likeness (QED) is 0.351. The molecule has 1 aromatic heterocycles. The molecule has 0 amide bonds. The number of hydrogen-bond acceptors (Lipinski definition) is 5. The number of aryl methyl sites for hydroxylation is 1. The molecule has 3 rings (SSSR count). The van der Waals surface area contributed by atoms with Crippen molar-refractivity contribution >= 4 is 33.2 Å². The molecule has 0 saturated carbocycles. The van der Waals surface area contributed by atoms with Crippen LogP contribution in [0.15, 0.2) is 65.3 Å². The summed E-state index contributed by atoms with van der Waals surface area (Å²) in [5, 5.41) is 2.57. The summed E-state index contributed by atoms with van der Waals surface area (Å²) in [5.74, 6) is -1.66. The number of alkyl halides is 4. The van der Waals surface area contributed by atoms with E-state index in [0.717, 1.165) is 6.07 Å². The molecule has 0 radical (unpaired) electrons. The summed E-state index contributed by atoms with van der Waals surface area (Å²) in [4.78, 5) is 14.0. The lowest BCUT2D eigenvalue weighted by atomic mass is 9.82. The Morgan fingerprint density at radius 2 is 1.88 bits per heavy atom. The number of carbonyl (C=O) groups excluding carboxylic acids is 1. The van der Waals surface area contributed by atoms with Crippen molar-refractivity contribution in [3.63, 3.8) is 0 Å². The standard InChI is InChI=1S/C21H18ClF3N2O4S/c1-12-17(10-14(11-26-12)21(23,24)25)27-16-9-8-15(18(28)13-6-4-3-5-7-13)20(2,22)19(16)32(29,30)31/h3-11,15,27H,1-2H3,(H,29,30,31). The third kappa shape index (κ3) is 4.72.